The number of hydrogen-bond donors (Lipinski definition) is 1. The molecule has 0 aliphatic heterocycles. The lowest BCUT2D eigenvalue weighted by Gasteiger charge is -2.24. The van der Waals surface area contributed by atoms with Gasteiger partial charge in [-0.05, 0) is 18.6 Å². The van der Waals surface area contributed by atoms with Crippen LogP contribution in [0.3, 0.4) is 0 Å². The van der Waals surface area contributed by atoms with Crippen LogP contribution in [0.5, 0.6) is 5.75 Å². The highest BCUT2D eigenvalue weighted by atomic mass is 32.2. The van der Waals surface area contributed by atoms with Gasteiger partial charge in [0.05, 0.1) is 24.8 Å². The fourth-order valence-electron chi connectivity index (χ4n) is 1.94. The predicted octanol–water partition coefficient (Wildman–Crippen LogP) is 0.791. The minimum Gasteiger partial charge on any atom is -0.495 e. The van der Waals surface area contributed by atoms with Crippen molar-refractivity contribution < 1.29 is 21.6 Å². The highest BCUT2D eigenvalue weighted by molar-refractivity contribution is 7.92. The van der Waals surface area contributed by atoms with E-state index in [0.29, 0.717) is 17.9 Å². The van der Waals surface area contributed by atoms with E-state index < -0.39 is 20.0 Å². The molecule has 0 heterocycles. The van der Waals surface area contributed by atoms with E-state index in [-0.39, 0.29) is 18.8 Å². The number of methoxy groups -OCH3 is 1. The van der Waals surface area contributed by atoms with E-state index in [0.717, 1.165) is 10.6 Å². The second kappa shape index (κ2) is 7.80. The molecule has 1 aromatic carbocycles. The number of para-hydroxylation sites is 2. The van der Waals surface area contributed by atoms with Crippen LogP contribution in [0.4, 0.5) is 5.69 Å². The minimum absolute atomic E-state index is 0.00650. The molecule has 0 bridgehead atoms. The number of ether oxygens (including phenoxy) is 1. The summed E-state index contributed by atoms with van der Waals surface area (Å²) in [5.74, 6) is 0.421. The quantitative estimate of drug-likeness (QED) is 0.711. The fraction of sp³-hybridized carbons (Fsp3) is 0.538. The molecule has 22 heavy (non-hydrogen) atoms. The summed E-state index contributed by atoms with van der Waals surface area (Å²) in [5, 5.41) is 0. The van der Waals surface area contributed by atoms with Crippen molar-refractivity contribution in [2.45, 2.75) is 13.3 Å². The van der Waals surface area contributed by atoms with Gasteiger partial charge in [-0.25, -0.2) is 21.6 Å². The maximum atomic E-state index is 12.0. The lowest BCUT2D eigenvalue weighted by Crippen LogP contribution is -2.38. The van der Waals surface area contributed by atoms with Crippen LogP contribution in [0.25, 0.3) is 0 Å². The van der Waals surface area contributed by atoms with Crippen molar-refractivity contribution in [3.63, 3.8) is 0 Å². The van der Waals surface area contributed by atoms with Gasteiger partial charge in [0.15, 0.2) is 0 Å². The number of nitrogens with zero attached hydrogens (tertiary/aromatic N) is 1. The molecule has 0 saturated heterocycles. The summed E-state index contributed by atoms with van der Waals surface area (Å²) in [4.78, 5) is 0. The molecule has 0 saturated carbocycles. The van der Waals surface area contributed by atoms with E-state index in [1.54, 1.807) is 31.2 Å². The number of nitrogens with one attached hydrogen (secondary N) is 1. The van der Waals surface area contributed by atoms with Crippen LogP contribution in [0.1, 0.15) is 13.3 Å². The first-order chi connectivity index (χ1) is 10.2. The summed E-state index contributed by atoms with van der Waals surface area (Å²) in [6.45, 7) is 1.74. The zero-order valence-electron chi connectivity index (χ0n) is 12.9. The third kappa shape index (κ3) is 5.47. The average Bonchev–Trinajstić information content (AvgIpc) is 2.42. The van der Waals surface area contributed by atoms with Gasteiger partial charge >= 0.3 is 0 Å². The molecule has 1 N–H and O–H groups in total. The Morgan fingerprint density at radius 3 is 2.36 bits per heavy atom. The summed E-state index contributed by atoms with van der Waals surface area (Å²) in [6.07, 6.45) is 1.57. The summed E-state index contributed by atoms with van der Waals surface area (Å²) in [7, 11) is -5.49. The van der Waals surface area contributed by atoms with E-state index in [2.05, 4.69) is 4.72 Å². The van der Waals surface area contributed by atoms with Crippen LogP contribution in [0.2, 0.25) is 0 Å². The zero-order valence-corrected chi connectivity index (χ0v) is 14.6. The van der Waals surface area contributed by atoms with Crippen LogP contribution in [0, 0.1) is 0 Å². The highest BCUT2D eigenvalue weighted by Gasteiger charge is 2.21. The Balaban J connectivity index is 2.93. The van der Waals surface area contributed by atoms with Crippen molar-refractivity contribution in [3.05, 3.63) is 24.3 Å². The molecule has 0 radical (unpaired) electrons. The first-order valence-electron chi connectivity index (χ1n) is 6.79. The number of sulfonamides is 2. The Hall–Kier alpha value is -1.32. The minimum atomic E-state index is -3.56. The van der Waals surface area contributed by atoms with Gasteiger partial charge in [-0.2, -0.15) is 0 Å². The number of rotatable bonds is 9. The standard InChI is InChI=1S/C13H22N2O5S2/c1-4-11-22(18,19)14-9-10-15(21(3,16)17)12-7-5-6-8-13(12)20-2/h5-8,14H,4,9-11H2,1-3H3. The highest BCUT2D eigenvalue weighted by Crippen LogP contribution is 2.29. The second-order valence-corrected chi connectivity index (χ2v) is 8.55. The van der Waals surface area contributed by atoms with Gasteiger partial charge in [0, 0.05) is 13.1 Å². The molecule has 0 atom stereocenters. The molecule has 1 rings (SSSR count). The lowest BCUT2D eigenvalue weighted by atomic mass is 10.3. The molecule has 1 aromatic rings. The van der Waals surface area contributed by atoms with Crippen LogP contribution in [-0.2, 0) is 20.0 Å². The molecule has 0 spiro atoms. The Morgan fingerprint density at radius 2 is 1.82 bits per heavy atom. The molecule has 9 heteroatoms. The van der Waals surface area contributed by atoms with E-state index in [4.69, 9.17) is 4.74 Å². The molecule has 0 amide bonds. The summed E-state index contributed by atoms with van der Waals surface area (Å²) >= 11 is 0. The Labute approximate surface area is 132 Å². The smallest absolute Gasteiger partial charge is 0.232 e. The molecule has 0 fully saturated rings. The summed E-state index contributed by atoms with van der Waals surface area (Å²) < 4.78 is 55.9. The molecular weight excluding hydrogens is 328 g/mol. The van der Waals surface area contributed by atoms with Crippen molar-refractivity contribution >= 4 is 25.7 Å². The first-order valence-corrected chi connectivity index (χ1v) is 10.3. The van der Waals surface area contributed by atoms with E-state index >= 15 is 0 Å². The molecule has 0 unspecified atom stereocenters. The van der Waals surface area contributed by atoms with Gasteiger partial charge in [-0.3, -0.25) is 4.31 Å². The lowest BCUT2D eigenvalue weighted by molar-refractivity contribution is 0.415. The van der Waals surface area contributed by atoms with E-state index in [1.807, 2.05) is 0 Å². The zero-order chi connectivity index (χ0) is 16.8. The average molecular weight is 350 g/mol. The van der Waals surface area contributed by atoms with Crippen molar-refractivity contribution in [2.75, 3.05) is 36.5 Å². The molecule has 0 aliphatic rings. The van der Waals surface area contributed by atoms with Crippen molar-refractivity contribution in [2.24, 2.45) is 0 Å². The largest absolute Gasteiger partial charge is 0.495 e. The fourth-order valence-corrected chi connectivity index (χ4v) is 3.96. The normalized spacial score (nSPS) is 12.1. The van der Waals surface area contributed by atoms with Crippen molar-refractivity contribution in [3.8, 4) is 5.75 Å². The van der Waals surface area contributed by atoms with Gasteiger partial charge < -0.3 is 4.74 Å². The number of hydrogen-bond acceptors (Lipinski definition) is 5. The predicted molar refractivity (Wildman–Crippen MR) is 87.3 cm³/mol. The first kappa shape index (κ1) is 18.7. The third-order valence-corrected chi connectivity index (χ3v) is 5.63. The monoisotopic (exact) mass is 350 g/mol. The third-order valence-electron chi connectivity index (χ3n) is 2.86. The number of anilines is 1. The molecule has 0 aromatic heterocycles. The molecule has 7 nitrogen and oxygen atoms in total. The summed E-state index contributed by atoms with van der Waals surface area (Å²) in [6, 6.07) is 6.68. The van der Waals surface area contributed by atoms with Crippen LogP contribution >= 0.6 is 0 Å². The van der Waals surface area contributed by atoms with Crippen LogP contribution < -0.4 is 13.8 Å². The van der Waals surface area contributed by atoms with Crippen LogP contribution in [0.15, 0.2) is 24.3 Å². The van der Waals surface area contributed by atoms with Gasteiger partial charge in [-0.1, -0.05) is 19.1 Å². The van der Waals surface area contributed by atoms with E-state index in [1.165, 1.54) is 7.11 Å². The van der Waals surface area contributed by atoms with E-state index in [9.17, 15) is 16.8 Å². The van der Waals surface area contributed by atoms with Crippen molar-refractivity contribution in [1.82, 2.24) is 4.72 Å². The molecule has 126 valence electrons. The maximum Gasteiger partial charge on any atom is 0.232 e. The Bertz CT molecular complexity index is 686. The van der Waals surface area contributed by atoms with Crippen molar-refractivity contribution in [1.29, 1.82) is 0 Å². The van der Waals surface area contributed by atoms with Gasteiger partial charge in [0.25, 0.3) is 0 Å². The van der Waals surface area contributed by atoms with Crippen LogP contribution in [-0.4, -0.2) is 49.0 Å². The second-order valence-electron chi connectivity index (χ2n) is 4.72. The van der Waals surface area contributed by atoms with Gasteiger partial charge in [-0.15, -0.1) is 0 Å². The molecular formula is C13H22N2O5S2. The Morgan fingerprint density at radius 1 is 1.18 bits per heavy atom. The summed E-state index contributed by atoms with van der Waals surface area (Å²) in [5.41, 5.74) is 0.377. The van der Waals surface area contributed by atoms with Gasteiger partial charge in [0.1, 0.15) is 5.75 Å². The maximum absolute atomic E-state index is 12.0. The molecule has 0 aliphatic carbocycles. The number of benzene rings is 1. The SMILES string of the molecule is CCCS(=O)(=O)NCCN(c1ccccc1OC)S(C)(=O)=O. The van der Waals surface area contributed by atoms with Gasteiger partial charge in [0.2, 0.25) is 20.0 Å². The topological polar surface area (TPSA) is 92.8 Å². The Kier molecular flexibility index (Phi) is 6.64.